The summed E-state index contributed by atoms with van der Waals surface area (Å²) < 4.78 is 71.0. The highest BCUT2D eigenvalue weighted by Crippen LogP contribution is 2.34. The molecule has 9 heteroatoms. The Bertz CT molecular complexity index is 1420. The molecule has 0 aliphatic heterocycles. The van der Waals surface area contributed by atoms with Crippen molar-refractivity contribution in [3.8, 4) is 0 Å². The van der Waals surface area contributed by atoms with Gasteiger partial charge in [-0.25, -0.2) is 8.42 Å². The molecule has 0 spiro atoms. The quantitative estimate of drug-likeness (QED) is 0.315. The number of hydrogen-bond donors (Lipinski definition) is 0. The third kappa shape index (κ3) is 4.28. The van der Waals surface area contributed by atoms with E-state index in [-0.39, 0.29) is 16.9 Å². The Morgan fingerprint density at radius 3 is 2.31 bits per heavy atom. The number of ketones is 1. The lowest BCUT2D eigenvalue weighted by atomic mass is 10.0. The second-order valence-electron chi connectivity index (χ2n) is 7.03. The number of hydrogen-bond acceptors (Lipinski definition) is 4. The van der Waals surface area contributed by atoms with E-state index in [1.165, 1.54) is 24.3 Å². The summed E-state index contributed by atoms with van der Waals surface area (Å²) in [5.41, 5.74) is -0.476. The number of carbonyl (C=O) groups excluding carboxylic acids is 1. The van der Waals surface area contributed by atoms with Crippen LogP contribution in [0, 0.1) is 0 Å². The Balaban J connectivity index is 1.81. The zero-order valence-electron chi connectivity index (χ0n) is 16.2. The third-order valence-corrected chi connectivity index (χ3v) is 6.76. The van der Waals surface area contributed by atoms with Gasteiger partial charge in [0.25, 0.3) is 0 Å². The molecule has 1 aromatic heterocycles. The Morgan fingerprint density at radius 2 is 1.62 bits per heavy atom. The normalized spacial score (nSPS) is 12.2. The van der Waals surface area contributed by atoms with Gasteiger partial charge in [0.1, 0.15) is 5.58 Å². The number of benzene rings is 3. The van der Waals surface area contributed by atoms with E-state index in [1.54, 1.807) is 24.3 Å². The maximum absolute atomic E-state index is 13.1. The smallest absolute Gasteiger partial charge is 0.416 e. The van der Waals surface area contributed by atoms with Gasteiger partial charge in [-0.15, -0.1) is 0 Å². The molecule has 164 valence electrons. The SMILES string of the molecule is O=C(c1ccc(Cl)cc1)c1oc2ccccc2c1CS(=O)(=O)c1cccc(C(F)(F)F)c1. The molecule has 3 aromatic carbocycles. The second-order valence-corrected chi connectivity index (χ2v) is 9.45. The lowest BCUT2D eigenvalue weighted by Gasteiger charge is -2.10. The van der Waals surface area contributed by atoms with Gasteiger partial charge in [-0.1, -0.05) is 35.9 Å². The Kier molecular flexibility index (Phi) is 5.60. The Morgan fingerprint density at radius 1 is 0.938 bits per heavy atom. The predicted octanol–water partition coefficient (Wildman–Crippen LogP) is 6.31. The first-order valence-corrected chi connectivity index (χ1v) is 11.3. The van der Waals surface area contributed by atoms with Crippen LogP contribution in [0.2, 0.25) is 5.02 Å². The monoisotopic (exact) mass is 478 g/mol. The van der Waals surface area contributed by atoms with E-state index in [4.69, 9.17) is 16.0 Å². The minimum absolute atomic E-state index is 0.0814. The maximum atomic E-state index is 13.1. The molecular formula is C23H14ClF3O4S. The average Bonchev–Trinajstić information content (AvgIpc) is 3.11. The summed E-state index contributed by atoms with van der Waals surface area (Å²) >= 11 is 5.86. The van der Waals surface area contributed by atoms with Crippen LogP contribution in [0.25, 0.3) is 11.0 Å². The number of halogens is 4. The predicted molar refractivity (Wildman–Crippen MR) is 113 cm³/mol. The van der Waals surface area contributed by atoms with Gasteiger partial charge < -0.3 is 4.42 Å². The van der Waals surface area contributed by atoms with E-state index in [2.05, 4.69) is 0 Å². The fourth-order valence-corrected chi connectivity index (χ4v) is 4.85. The molecule has 0 aliphatic rings. The van der Waals surface area contributed by atoms with Crippen molar-refractivity contribution in [3.05, 3.63) is 100 Å². The van der Waals surface area contributed by atoms with E-state index in [0.717, 1.165) is 18.2 Å². The standard InChI is InChI=1S/C23H14ClF3O4S/c24-16-10-8-14(9-11-16)21(28)22-19(18-6-1-2-7-20(18)31-22)13-32(29,30)17-5-3-4-15(12-17)23(25,26)27/h1-12H,13H2. The van der Waals surface area contributed by atoms with Crippen LogP contribution in [-0.2, 0) is 21.8 Å². The summed E-state index contributed by atoms with van der Waals surface area (Å²) in [6.45, 7) is 0. The third-order valence-electron chi connectivity index (χ3n) is 4.87. The molecular weight excluding hydrogens is 465 g/mol. The lowest BCUT2D eigenvalue weighted by molar-refractivity contribution is -0.137. The minimum atomic E-state index is -4.69. The molecule has 1 heterocycles. The van der Waals surface area contributed by atoms with Crippen molar-refractivity contribution in [1.29, 1.82) is 0 Å². The second kappa shape index (κ2) is 8.11. The van der Waals surface area contributed by atoms with Crippen LogP contribution < -0.4 is 0 Å². The van der Waals surface area contributed by atoms with Crippen LogP contribution in [0.5, 0.6) is 0 Å². The van der Waals surface area contributed by atoms with Gasteiger partial charge in [0, 0.05) is 21.5 Å². The highest BCUT2D eigenvalue weighted by atomic mass is 35.5. The highest BCUT2D eigenvalue weighted by Gasteiger charge is 2.32. The Labute approximate surface area is 186 Å². The van der Waals surface area contributed by atoms with Gasteiger partial charge >= 0.3 is 6.18 Å². The fourth-order valence-electron chi connectivity index (χ4n) is 3.30. The zero-order chi connectivity index (χ0) is 23.1. The lowest BCUT2D eigenvalue weighted by Crippen LogP contribution is -2.11. The van der Waals surface area contributed by atoms with Gasteiger partial charge in [-0.2, -0.15) is 13.2 Å². The molecule has 0 atom stereocenters. The summed E-state index contributed by atoms with van der Waals surface area (Å²) in [5.74, 6) is -1.46. The number of alkyl halides is 3. The molecule has 4 rings (SSSR count). The topological polar surface area (TPSA) is 64.3 Å². The van der Waals surface area contributed by atoms with Crippen LogP contribution in [0.15, 0.2) is 82.1 Å². The van der Waals surface area contributed by atoms with Crippen LogP contribution in [0.4, 0.5) is 13.2 Å². The van der Waals surface area contributed by atoms with Crippen molar-refractivity contribution in [2.75, 3.05) is 0 Å². The van der Waals surface area contributed by atoms with E-state index in [9.17, 15) is 26.4 Å². The number of para-hydroxylation sites is 1. The largest absolute Gasteiger partial charge is 0.452 e. The van der Waals surface area contributed by atoms with Crippen molar-refractivity contribution in [3.63, 3.8) is 0 Å². The fraction of sp³-hybridized carbons (Fsp3) is 0.0870. The number of furan rings is 1. The molecule has 0 aliphatic carbocycles. The summed E-state index contributed by atoms with van der Waals surface area (Å²) in [7, 11) is -4.24. The molecule has 0 saturated carbocycles. The Hall–Kier alpha value is -3.10. The van der Waals surface area contributed by atoms with Gasteiger partial charge in [-0.05, 0) is 48.5 Å². The first kappa shape index (κ1) is 22.1. The number of fused-ring (bicyclic) bond motifs is 1. The van der Waals surface area contributed by atoms with E-state index in [0.29, 0.717) is 22.1 Å². The molecule has 0 unspecified atom stereocenters. The minimum Gasteiger partial charge on any atom is -0.452 e. The van der Waals surface area contributed by atoms with Crippen molar-refractivity contribution < 1.29 is 30.8 Å². The maximum Gasteiger partial charge on any atom is 0.416 e. The van der Waals surface area contributed by atoms with Crippen molar-refractivity contribution in [2.24, 2.45) is 0 Å². The summed E-state index contributed by atoms with van der Waals surface area (Å²) in [4.78, 5) is 12.6. The van der Waals surface area contributed by atoms with E-state index < -0.39 is 38.0 Å². The average molecular weight is 479 g/mol. The zero-order valence-corrected chi connectivity index (χ0v) is 17.8. The van der Waals surface area contributed by atoms with Crippen LogP contribution in [-0.4, -0.2) is 14.2 Å². The van der Waals surface area contributed by atoms with Crippen molar-refractivity contribution >= 4 is 38.2 Å². The van der Waals surface area contributed by atoms with E-state index >= 15 is 0 Å². The summed E-state index contributed by atoms with van der Waals surface area (Å²) in [6.07, 6.45) is -4.69. The van der Waals surface area contributed by atoms with Gasteiger partial charge in [0.15, 0.2) is 15.6 Å². The molecule has 32 heavy (non-hydrogen) atoms. The first-order valence-electron chi connectivity index (χ1n) is 9.27. The van der Waals surface area contributed by atoms with Crippen molar-refractivity contribution in [2.45, 2.75) is 16.8 Å². The molecule has 0 fully saturated rings. The molecule has 0 radical (unpaired) electrons. The molecule has 0 saturated heterocycles. The van der Waals surface area contributed by atoms with Crippen molar-refractivity contribution in [1.82, 2.24) is 0 Å². The summed E-state index contributed by atoms with van der Waals surface area (Å²) in [5, 5.41) is 0.805. The van der Waals surface area contributed by atoms with Gasteiger partial charge in [0.05, 0.1) is 16.2 Å². The van der Waals surface area contributed by atoms with E-state index in [1.807, 2.05) is 0 Å². The number of carbonyl (C=O) groups is 1. The highest BCUT2D eigenvalue weighted by molar-refractivity contribution is 7.90. The molecule has 0 bridgehead atoms. The van der Waals surface area contributed by atoms with Crippen LogP contribution >= 0.6 is 11.6 Å². The number of sulfone groups is 1. The van der Waals surface area contributed by atoms with Gasteiger partial charge in [-0.3, -0.25) is 4.79 Å². The molecule has 4 aromatic rings. The molecule has 4 nitrogen and oxygen atoms in total. The first-order chi connectivity index (χ1) is 15.1. The van der Waals surface area contributed by atoms with Crippen LogP contribution in [0.1, 0.15) is 27.2 Å². The molecule has 0 N–H and O–H groups in total. The summed E-state index contributed by atoms with van der Waals surface area (Å²) in [6, 6.07) is 15.9. The molecule has 0 amide bonds. The van der Waals surface area contributed by atoms with Crippen LogP contribution in [0.3, 0.4) is 0 Å². The van der Waals surface area contributed by atoms with Gasteiger partial charge in [0.2, 0.25) is 5.78 Å². The number of rotatable bonds is 5.